The maximum absolute atomic E-state index is 14.6. The highest BCUT2D eigenvalue weighted by Crippen LogP contribution is 2.28. The van der Waals surface area contributed by atoms with Crippen molar-refractivity contribution < 1.29 is 18.7 Å². The number of methoxy groups -OCH3 is 1. The number of ether oxygens (including phenoxy) is 2. The van der Waals surface area contributed by atoms with Crippen LogP contribution in [-0.2, 0) is 6.61 Å². The van der Waals surface area contributed by atoms with E-state index in [1.165, 1.54) is 38.7 Å². The molecule has 1 aliphatic rings. The fourth-order valence-corrected chi connectivity index (χ4v) is 4.20. The summed E-state index contributed by atoms with van der Waals surface area (Å²) < 4.78 is 25.3. The number of carbonyl (C=O) groups excluding carboxylic acids is 1. The predicted molar refractivity (Wildman–Crippen MR) is 134 cm³/mol. The van der Waals surface area contributed by atoms with Crippen molar-refractivity contribution in [3.63, 3.8) is 0 Å². The summed E-state index contributed by atoms with van der Waals surface area (Å²) >= 11 is 0. The number of rotatable bonds is 9. The van der Waals surface area contributed by atoms with Crippen molar-refractivity contribution in [1.29, 1.82) is 0 Å². The molecule has 190 valence electrons. The highest BCUT2D eigenvalue weighted by molar-refractivity contribution is 5.94. The first-order valence-corrected chi connectivity index (χ1v) is 12.0. The van der Waals surface area contributed by atoms with E-state index in [4.69, 9.17) is 9.47 Å². The van der Waals surface area contributed by atoms with E-state index in [2.05, 4.69) is 43.5 Å². The van der Waals surface area contributed by atoms with Crippen LogP contribution in [0.15, 0.2) is 42.9 Å². The molecule has 0 radical (unpaired) electrons. The van der Waals surface area contributed by atoms with Crippen LogP contribution in [0.25, 0.3) is 0 Å². The molecular formula is C26H31FN6O3. The second-order valence-corrected chi connectivity index (χ2v) is 8.57. The number of amides is 1. The molecule has 0 atom stereocenters. The number of anilines is 2. The van der Waals surface area contributed by atoms with Gasteiger partial charge in [-0.05, 0) is 56.7 Å². The molecule has 1 saturated heterocycles. The molecule has 2 aromatic heterocycles. The maximum atomic E-state index is 14.6. The van der Waals surface area contributed by atoms with Gasteiger partial charge in [0.05, 0.1) is 31.4 Å². The topological polar surface area (TPSA) is 102 Å². The standard InChI is InChI=1S/C26H31FN6O3/c1-4-33-9-7-17(8-10-33)22-6-5-20(13-29-22)32-26-30-14-21(15-31-26)36-16-19-11-18(25(34)28-2)12-23(35-3)24(19)27/h5-6,11-15,17H,4,7-10,16H2,1-3H3,(H,28,34)(H,30,31,32). The zero-order valence-corrected chi connectivity index (χ0v) is 20.8. The second kappa shape index (κ2) is 11.8. The molecule has 3 heterocycles. The van der Waals surface area contributed by atoms with E-state index in [-0.39, 0.29) is 29.4 Å². The average Bonchev–Trinajstić information content (AvgIpc) is 2.93. The van der Waals surface area contributed by atoms with E-state index in [9.17, 15) is 9.18 Å². The number of halogens is 1. The molecule has 1 amide bonds. The third-order valence-electron chi connectivity index (χ3n) is 6.34. The summed E-state index contributed by atoms with van der Waals surface area (Å²) in [5.41, 5.74) is 2.36. The summed E-state index contributed by atoms with van der Waals surface area (Å²) in [5.74, 6) is 0.278. The van der Waals surface area contributed by atoms with Crippen LogP contribution in [-0.4, -0.2) is 59.6 Å². The number of pyridine rings is 1. The van der Waals surface area contributed by atoms with Gasteiger partial charge >= 0.3 is 0 Å². The number of benzene rings is 1. The van der Waals surface area contributed by atoms with Crippen molar-refractivity contribution in [3.8, 4) is 11.5 Å². The lowest BCUT2D eigenvalue weighted by Crippen LogP contribution is -2.32. The summed E-state index contributed by atoms with van der Waals surface area (Å²) in [6.07, 6.45) is 7.05. The first kappa shape index (κ1) is 25.3. The Morgan fingerprint density at radius 1 is 1.14 bits per heavy atom. The van der Waals surface area contributed by atoms with Gasteiger partial charge in [0.15, 0.2) is 17.3 Å². The maximum Gasteiger partial charge on any atom is 0.251 e. The van der Waals surface area contributed by atoms with Gasteiger partial charge in [-0.25, -0.2) is 14.4 Å². The number of hydrogen-bond acceptors (Lipinski definition) is 8. The van der Waals surface area contributed by atoms with Crippen LogP contribution in [0.3, 0.4) is 0 Å². The Morgan fingerprint density at radius 2 is 1.89 bits per heavy atom. The summed E-state index contributed by atoms with van der Waals surface area (Å²) in [7, 11) is 2.84. The fraction of sp³-hybridized carbons (Fsp3) is 0.385. The first-order valence-electron chi connectivity index (χ1n) is 12.0. The van der Waals surface area contributed by atoms with Crippen LogP contribution < -0.4 is 20.1 Å². The van der Waals surface area contributed by atoms with Crippen molar-refractivity contribution in [1.82, 2.24) is 25.2 Å². The molecule has 10 heteroatoms. The quantitative estimate of drug-likeness (QED) is 0.462. The Labute approximate surface area is 210 Å². The number of hydrogen-bond donors (Lipinski definition) is 2. The Balaban J connectivity index is 1.35. The van der Waals surface area contributed by atoms with Gasteiger partial charge in [-0.2, -0.15) is 0 Å². The minimum absolute atomic E-state index is 0.0310. The summed E-state index contributed by atoms with van der Waals surface area (Å²) in [5, 5.41) is 5.64. The monoisotopic (exact) mass is 494 g/mol. The minimum Gasteiger partial charge on any atom is -0.494 e. The van der Waals surface area contributed by atoms with Gasteiger partial charge in [-0.3, -0.25) is 9.78 Å². The van der Waals surface area contributed by atoms with Gasteiger partial charge in [0.2, 0.25) is 5.95 Å². The first-order chi connectivity index (χ1) is 17.5. The number of carbonyl (C=O) groups is 1. The molecule has 9 nitrogen and oxygen atoms in total. The molecule has 1 aliphatic heterocycles. The summed E-state index contributed by atoms with van der Waals surface area (Å²) in [6, 6.07) is 6.81. The van der Waals surface area contributed by atoms with E-state index in [1.807, 2.05) is 6.07 Å². The molecule has 1 fully saturated rings. The van der Waals surface area contributed by atoms with Gasteiger partial charge in [-0.1, -0.05) is 6.92 Å². The van der Waals surface area contributed by atoms with Gasteiger partial charge in [0.25, 0.3) is 5.91 Å². The highest BCUT2D eigenvalue weighted by Gasteiger charge is 2.20. The number of nitrogens with zero attached hydrogens (tertiary/aromatic N) is 4. The molecule has 0 unspecified atom stereocenters. The van der Waals surface area contributed by atoms with Crippen LogP contribution in [0.5, 0.6) is 11.5 Å². The average molecular weight is 495 g/mol. The van der Waals surface area contributed by atoms with E-state index >= 15 is 0 Å². The van der Waals surface area contributed by atoms with Crippen molar-refractivity contribution in [2.75, 3.05) is 39.1 Å². The lowest BCUT2D eigenvalue weighted by molar-refractivity contribution is 0.0962. The van der Waals surface area contributed by atoms with Crippen LogP contribution in [0.2, 0.25) is 0 Å². The Kier molecular flexibility index (Phi) is 8.27. The minimum atomic E-state index is -0.587. The molecule has 0 saturated carbocycles. The highest BCUT2D eigenvalue weighted by atomic mass is 19.1. The molecule has 0 aliphatic carbocycles. The van der Waals surface area contributed by atoms with Crippen LogP contribution in [0, 0.1) is 5.82 Å². The third-order valence-corrected chi connectivity index (χ3v) is 6.34. The van der Waals surface area contributed by atoms with Crippen LogP contribution in [0.4, 0.5) is 16.0 Å². The molecule has 2 N–H and O–H groups in total. The lowest BCUT2D eigenvalue weighted by atomic mass is 9.93. The van der Waals surface area contributed by atoms with Crippen molar-refractivity contribution in [3.05, 3.63) is 65.5 Å². The normalized spacial score (nSPS) is 14.3. The SMILES string of the molecule is CCN1CCC(c2ccc(Nc3ncc(OCc4cc(C(=O)NC)cc(OC)c4F)cn3)cn2)CC1. The van der Waals surface area contributed by atoms with E-state index in [0.29, 0.717) is 17.6 Å². The molecule has 3 aromatic rings. The van der Waals surface area contributed by atoms with Crippen LogP contribution in [0.1, 0.15) is 47.3 Å². The summed E-state index contributed by atoms with van der Waals surface area (Å²) in [4.78, 5) is 27.6. The van der Waals surface area contributed by atoms with Crippen molar-refractivity contribution in [2.24, 2.45) is 0 Å². The number of aromatic nitrogens is 3. The third kappa shape index (κ3) is 6.06. The molecular weight excluding hydrogens is 463 g/mol. The zero-order valence-electron chi connectivity index (χ0n) is 20.8. The van der Waals surface area contributed by atoms with Gasteiger partial charge in [-0.15, -0.1) is 0 Å². The molecule has 0 spiro atoms. The van der Waals surface area contributed by atoms with E-state index in [0.717, 1.165) is 43.9 Å². The smallest absolute Gasteiger partial charge is 0.251 e. The zero-order chi connectivity index (χ0) is 25.5. The van der Waals surface area contributed by atoms with Gasteiger partial charge in [0.1, 0.15) is 6.61 Å². The number of piperidine rings is 1. The largest absolute Gasteiger partial charge is 0.494 e. The Morgan fingerprint density at radius 3 is 2.50 bits per heavy atom. The predicted octanol–water partition coefficient (Wildman–Crippen LogP) is 3.90. The van der Waals surface area contributed by atoms with Gasteiger partial charge < -0.3 is 25.0 Å². The van der Waals surface area contributed by atoms with Crippen molar-refractivity contribution >= 4 is 17.5 Å². The summed E-state index contributed by atoms with van der Waals surface area (Å²) in [6.45, 7) is 5.41. The Hall–Kier alpha value is -3.79. The fourth-order valence-electron chi connectivity index (χ4n) is 4.20. The number of nitrogens with one attached hydrogen (secondary N) is 2. The van der Waals surface area contributed by atoms with E-state index in [1.54, 1.807) is 6.20 Å². The second-order valence-electron chi connectivity index (χ2n) is 8.57. The van der Waals surface area contributed by atoms with Crippen LogP contribution >= 0.6 is 0 Å². The molecule has 0 bridgehead atoms. The molecule has 4 rings (SSSR count). The van der Waals surface area contributed by atoms with Crippen molar-refractivity contribution in [2.45, 2.75) is 32.3 Å². The Bertz CT molecular complexity index is 1170. The molecule has 1 aromatic carbocycles. The number of likely N-dealkylation sites (tertiary alicyclic amines) is 1. The van der Waals surface area contributed by atoms with E-state index < -0.39 is 5.82 Å². The van der Waals surface area contributed by atoms with Gasteiger partial charge in [0, 0.05) is 29.8 Å². The molecule has 36 heavy (non-hydrogen) atoms. The lowest BCUT2D eigenvalue weighted by Gasteiger charge is -2.30.